The minimum absolute atomic E-state index is 0.160. The second-order valence-electron chi connectivity index (χ2n) is 13.9. The van der Waals surface area contributed by atoms with E-state index in [9.17, 15) is 9.59 Å². The van der Waals surface area contributed by atoms with Crippen LogP contribution >= 0.6 is 0 Å². The van der Waals surface area contributed by atoms with E-state index in [1.54, 1.807) is 0 Å². The Morgan fingerprint density at radius 3 is 1.24 bits per heavy atom. The molecule has 0 fully saturated rings. The topological polar surface area (TPSA) is 57.0 Å². The Hall–Kier alpha value is -1.62. The van der Waals surface area contributed by atoms with E-state index in [-0.39, 0.29) is 24.6 Å². The highest BCUT2D eigenvalue weighted by Crippen LogP contribution is 2.12. The van der Waals surface area contributed by atoms with Crippen LogP contribution in [0, 0.1) is 0 Å². The summed E-state index contributed by atoms with van der Waals surface area (Å²) in [5, 5.41) is 0. The number of carbonyl (C=O) groups excluding carboxylic acids is 2. The molecule has 0 spiro atoms. The summed E-state index contributed by atoms with van der Waals surface area (Å²) < 4.78 is 11.2. The fourth-order valence-corrected chi connectivity index (χ4v) is 5.77. The van der Waals surface area contributed by atoms with Crippen LogP contribution in [0.5, 0.6) is 0 Å². The lowest BCUT2D eigenvalue weighted by atomic mass is 10.1. The summed E-state index contributed by atoms with van der Waals surface area (Å²) in [5.74, 6) is -0.345. The third-order valence-electron chi connectivity index (χ3n) is 8.65. The summed E-state index contributed by atoms with van der Waals surface area (Å²) in [6, 6.07) is 0. The van der Waals surface area contributed by atoms with Gasteiger partial charge in [-0.1, -0.05) is 141 Å². The maximum atomic E-state index is 12.5. The summed E-state index contributed by atoms with van der Waals surface area (Å²) in [6.45, 7) is 5.33. The molecule has 0 aromatic rings. The van der Waals surface area contributed by atoms with Crippen LogP contribution in [0.2, 0.25) is 0 Å². The highest BCUT2D eigenvalue weighted by molar-refractivity contribution is 5.70. The standard InChI is InChI=1S/C41H77NO4/c1-5-7-9-11-13-15-17-19-21-23-25-27-29-31-33-35-40(43)45-38-39(37-42(3)4)46-41(44)36-34-32-30-28-26-24-22-20-18-16-14-12-10-8-6-2/h19-22,39H,5-18,23-38H2,1-4H3/p+1/b21-19-,22-20-. The Morgan fingerprint density at radius 2 is 0.848 bits per heavy atom. The van der Waals surface area contributed by atoms with Crippen LogP contribution in [0.4, 0.5) is 0 Å². The lowest BCUT2D eigenvalue weighted by molar-refractivity contribution is -0.861. The molecule has 46 heavy (non-hydrogen) atoms. The fourth-order valence-electron chi connectivity index (χ4n) is 5.77. The van der Waals surface area contributed by atoms with Crippen molar-refractivity contribution in [2.24, 2.45) is 0 Å². The van der Waals surface area contributed by atoms with E-state index in [4.69, 9.17) is 9.47 Å². The molecule has 1 unspecified atom stereocenters. The number of allylic oxidation sites excluding steroid dienone is 4. The summed E-state index contributed by atoms with van der Waals surface area (Å²) in [7, 11) is 4.05. The van der Waals surface area contributed by atoms with Crippen LogP contribution in [0.25, 0.3) is 0 Å². The predicted octanol–water partition coefficient (Wildman–Crippen LogP) is 10.7. The SMILES string of the molecule is CCCCCCCC/C=C\CCCCCCCC(=O)OCC(C[NH+](C)C)OC(=O)CCCCCCC/C=C\CCCCCCCC. The van der Waals surface area contributed by atoms with Gasteiger partial charge in [-0.3, -0.25) is 9.59 Å². The Bertz CT molecular complexity index is 717. The third-order valence-corrected chi connectivity index (χ3v) is 8.65. The number of hydrogen-bond donors (Lipinski definition) is 1. The zero-order valence-corrected chi connectivity index (χ0v) is 31.2. The first kappa shape index (κ1) is 44.4. The molecule has 0 heterocycles. The number of hydrogen-bond acceptors (Lipinski definition) is 4. The van der Waals surface area contributed by atoms with Gasteiger partial charge in [0.15, 0.2) is 6.10 Å². The van der Waals surface area contributed by atoms with Crippen LogP contribution in [-0.4, -0.2) is 45.3 Å². The second-order valence-corrected chi connectivity index (χ2v) is 13.9. The minimum atomic E-state index is -0.376. The number of quaternary nitrogens is 1. The normalized spacial score (nSPS) is 12.5. The van der Waals surface area contributed by atoms with E-state index < -0.39 is 0 Å². The largest absolute Gasteiger partial charge is 0.461 e. The molecular weight excluding hydrogens is 570 g/mol. The van der Waals surface area contributed by atoms with E-state index in [0.717, 1.165) is 32.1 Å². The molecule has 5 nitrogen and oxygen atoms in total. The summed E-state index contributed by atoms with van der Waals surface area (Å²) in [5.41, 5.74) is 0. The molecule has 1 N–H and O–H groups in total. The number of esters is 2. The Balaban J connectivity index is 3.78. The molecule has 0 aromatic carbocycles. The van der Waals surface area contributed by atoms with E-state index in [0.29, 0.717) is 19.4 Å². The molecule has 270 valence electrons. The van der Waals surface area contributed by atoms with Gasteiger partial charge in [-0.25, -0.2) is 0 Å². The summed E-state index contributed by atoms with van der Waals surface area (Å²) >= 11 is 0. The van der Waals surface area contributed by atoms with E-state index in [2.05, 4.69) is 38.2 Å². The van der Waals surface area contributed by atoms with Gasteiger partial charge in [-0.05, 0) is 64.2 Å². The third kappa shape index (κ3) is 35.2. The van der Waals surface area contributed by atoms with Gasteiger partial charge in [0.05, 0.1) is 14.1 Å². The Kier molecular flexibility index (Phi) is 34.9. The first-order chi connectivity index (χ1) is 22.5. The van der Waals surface area contributed by atoms with Gasteiger partial charge in [0.2, 0.25) is 0 Å². The van der Waals surface area contributed by atoms with Crippen LogP contribution < -0.4 is 4.90 Å². The van der Waals surface area contributed by atoms with Crippen molar-refractivity contribution < 1.29 is 24.0 Å². The maximum Gasteiger partial charge on any atom is 0.306 e. The highest BCUT2D eigenvalue weighted by Gasteiger charge is 2.20. The van der Waals surface area contributed by atoms with Gasteiger partial charge >= 0.3 is 11.9 Å². The molecule has 0 aliphatic carbocycles. The average Bonchev–Trinajstić information content (AvgIpc) is 3.03. The number of nitrogens with one attached hydrogen (secondary N) is 1. The zero-order chi connectivity index (χ0) is 33.8. The van der Waals surface area contributed by atoms with E-state index in [1.807, 2.05) is 14.1 Å². The number of carbonyl (C=O) groups is 2. The molecule has 5 heteroatoms. The first-order valence-electron chi connectivity index (χ1n) is 19.9. The van der Waals surface area contributed by atoms with Crippen molar-refractivity contribution in [3.63, 3.8) is 0 Å². The quantitative estimate of drug-likeness (QED) is 0.0422. The van der Waals surface area contributed by atoms with Crippen LogP contribution in [0.15, 0.2) is 24.3 Å². The number of likely N-dealkylation sites (N-methyl/N-ethyl adjacent to an activating group) is 1. The van der Waals surface area contributed by atoms with Gasteiger partial charge in [0.25, 0.3) is 0 Å². The average molecular weight is 649 g/mol. The van der Waals surface area contributed by atoms with E-state index >= 15 is 0 Å². The van der Waals surface area contributed by atoms with Crippen LogP contribution in [0.3, 0.4) is 0 Å². The number of rotatable bonds is 35. The molecule has 0 amide bonds. The fraction of sp³-hybridized carbons (Fsp3) is 0.854. The van der Waals surface area contributed by atoms with Gasteiger partial charge in [-0.15, -0.1) is 0 Å². The molecule has 0 aromatic heterocycles. The lowest BCUT2D eigenvalue weighted by Gasteiger charge is -2.19. The molecule has 0 aliphatic heterocycles. The molecule has 0 bridgehead atoms. The zero-order valence-electron chi connectivity index (χ0n) is 31.2. The molecule has 0 saturated heterocycles. The lowest BCUT2D eigenvalue weighted by Crippen LogP contribution is -3.07. The smallest absolute Gasteiger partial charge is 0.306 e. The highest BCUT2D eigenvalue weighted by atomic mass is 16.6. The first-order valence-corrected chi connectivity index (χ1v) is 19.9. The molecular formula is C41H78NO4+. The van der Waals surface area contributed by atoms with Crippen LogP contribution in [0.1, 0.15) is 194 Å². The van der Waals surface area contributed by atoms with Crippen molar-refractivity contribution in [3.8, 4) is 0 Å². The maximum absolute atomic E-state index is 12.5. The van der Waals surface area contributed by atoms with Gasteiger partial charge in [-0.2, -0.15) is 0 Å². The van der Waals surface area contributed by atoms with Gasteiger partial charge < -0.3 is 14.4 Å². The Morgan fingerprint density at radius 1 is 0.500 bits per heavy atom. The second kappa shape index (κ2) is 36.2. The minimum Gasteiger partial charge on any atom is -0.461 e. The monoisotopic (exact) mass is 649 g/mol. The summed E-state index contributed by atoms with van der Waals surface area (Å²) in [4.78, 5) is 25.9. The number of ether oxygens (including phenoxy) is 2. The van der Waals surface area contributed by atoms with Crippen molar-refractivity contribution in [2.75, 3.05) is 27.2 Å². The number of unbranched alkanes of at least 4 members (excludes halogenated alkanes) is 22. The summed E-state index contributed by atoms with van der Waals surface area (Å²) in [6.07, 6.45) is 42.1. The molecule has 0 rings (SSSR count). The van der Waals surface area contributed by atoms with E-state index in [1.165, 1.54) is 140 Å². The van der Waals surface area contributed by atoms with Crippen molar-refractivity contribution in [1.29, 1.82) is 0 Å². The molecule has 1 atom stereocenters. The predicted molar refractivity (Wildman–Crippen MR) is 197 cm³/mol. The van der Waals surface area contributed by atoms with Crippen molar-refractivity contribution in [1.82, 2.24) is 0 Å². The van der Waals surface area contributed by atoms with Crippen molar-refractivity contribution in [3.05, 3.63) is 24.3 Å². The van der Waals surface area contributed by atoms with Crippen LogP contribution in [-0.2, 0) is 19.1 Å². The molecule has 0 radical (unpaired) electrons. The van der Waals surface area contributed by atoms with Crippen molar-refractivity contribution >= 4 is 11.9 Å². The molecule has 0 saturated carbocycles. The van der Waals surface area contributed by atoms with Gasteiger partial charge in [0, 0.05) is 12.8 Å². The van der Waals surface area contributed by atoms with Gasteiger partial charge in [0.1, 0.15) is 13.2 Å². The van der Waals surface area contributed by atoms with Crippen molar-refractivity contribution in [2.45, 2.75) is 200 Å². The molecule has 0 aliphatic rings. The Labute approximate surface area is 286 Å².